The largest absolute Gasteiger partial charge is 0.398 e. The zero-order chi connectivity index (χ0) is 15.6. The molecule has 0 radical (unpaired) electrons. The first-order valence-corrected chi connectivity index (χ1v) is 7.68. The molecule has 112 valence electrons. The van der Waals surface area contributed by atoms with Crippen molar-refractivity contribution in [3.05, 3.63) is 53.6 Å². The second kappa shape index (κ2) is 5.79. The Hall–Kier alpha value is -1.99. The van der Waals surface area contributed by atoms with Crippen LogP contribution < -0.4 is 5.73 Å². The summed E-state index contributed by atoms with van der Waals surface area (Å²) >= 11 is 0. The van der Waals surface area contributed by atoms with E-state index in [1.54, 1.807) is 24.4 Å². The van der Waals surface area contributed by atoms with E-state index in [-0.39, 0.29) is 22.7 Å². The lowest BCUT2D eigenvalue weighted by molar-refractivity contribution is 0.461. The number of hydrogen-bond donors (Lipinski definition) is 1. The Morgan fingerprint density at radius 2 is 2.05 bits per heavy atom. The zero-order valence-corrected chi connectivity index (χ0v) is 12.6. The number of nitrogens with zero attached hydrogens (tertiary/aromatic N) is 2. The summed E-state index contributed by atoms with van der Waals surface area (Å²) in [4.78, 5) is 3.90. The van der Waals surface area contributed by atoms with Gasteiger partial charge in [0, 0.05) is 24.5 Å². The third-order valence-electron chi connectivity index (χ3n) is 3.18. The van der Waals surface area contributed by atoms with Crippen LogP contribution in [0.2, 0.25) is 0 Å². The normalized spacial score (nSPS) is 11.8. The van der Waals surface area contributed by atoms with Crippen molar-refractivity contribution in [1.82, 2.24) is 9.29 Å². The Balaban J connectivity index is 2.33. The fourth-order valence-electron chi connectivity index (χ4n) is 1.81. The fraction of sp³-hybridized carbons (Fsp3) is 0.214. The highest BCUT2D eigenvalue weighted by atomic mass is 32.2. The summed E-state index contributed by atoms with van der Waals surface area (Å²) in [6.07, 6.45) is 1.58. The highest BCUT2D eigenvalue weighted by Crippen LogP contribution is 2.23. The molecule has 0 amide bonds. The molecule has 0 aliphatic heterocycles. The Labute approximate surface area is 123 Å². The molecule has 0 bridgehead atoms. The van der Waals surface area contributed by atoms with Crippen molar-refractivity contribution >= 4 is 15.7 Å². The molecule has 0 aliphatic rings. The van der Waals surface area contributed by atoms with Crippen LogP contribution in [-0.4, -0.2) is 24.8 Å². The maximum absolute atomic E-state index is 13.7. The van der Waals surface area contributed by atoms with E-state index in [1.165, 1.54) is 20.0 Å². The van der Waals surface area contributed by atoms with Crippen molar-refractivity contribution in [3.8, 4) is 0 Å². The average molecular weight is 309 g/mol. The first kappa shape index (κ1) is 15.4. The Morgan fingerprint density at radius 1 is 1.33 bits per heavy atom. The van der Waals surface area contributed by atoms with Gasteiger partial charge in [0.2, 0.25) is 10.0 Å². The van der Waals surface area contributed by atoms with Crippen LogP contribution in [0.3, 0.4) is 0 Å². The van der Waals surface area contributed by atoms with Crippen molar-refractivity contribution in [1.29, 1.82) is 0 Å². The summed E-state index contributed by atoms with van der Waals surface area (Å²) in [5.74, 6) is -0.639. The second-order valence-electron chi connectivity index (χ2n) is 4.70. The minimum absolute atomic E-state index is 0.0958. The number of hydrogen-bond acceptors (Lipinski definition) is 4. The van der Waals surface area contributed by atoms with E-state index in [0.29, 0.717) is 5.69 Å². The molecule has 7 heteroatoms. The van der Waals surface area contributed by atoms with E-state index in [2.05, 4.69) is 4.98 Å². The predicted octanol–water partition coefficient (Wildman–Crippen LogP) is 1.93. The van der Waals surface area contributed by atoms with Gasteiger partial charge in [0.1, 0.15) is 5.82 Å². The van der Waals surface area contributed by atoms with Gasteiger partial charge in [-0.25, -0.2) is 12.8 Å². The van der Waals surface area contributed by atoms with Gasteiger partial charge in [0.05, 0.1) is 17.1 Å². The van der Waals surface area contributed by atoms with Crippen molar-refractivity contribution < 1.29 is 12.8 Å². The van der Waals surface area contributed by atoms with Crippen LogP contribution >= 0.6 is 0 Å². The maximum atomic E-state index is 13.7. The van der Waals surface area contributed by atoms with Crippen LogP contribution in [0.1, 0.15) is 11.3 Å². The van der Waals surface area contributed by atoms with Gasteiger partial charge in [-0.3, -0.25) is 4.98 Å². The van der Waals surface area contributed by atoms with Crippen LogP contribution in [0.25, 0.3) is 0 Å². The minimum Gasteiger partial charge on any atom is -0.398 e. The number of rotatable bonds is 4. The molecular weight excluding hydrogens is 293 g/mol. The van der Waals surface area contributed by atoms with Crippen LogP contribution in [0.5, 0.6) is 0 Å². The van der Waals surface area contributed by atoms with Crippen molar-refractivity contribution in [2.24, 2.45) is 0 Å². The van der Waals surface area contributed by atoms with Crippen molar-refractivity contribution in [2.45, 2.75) is 18.4 Å². The first-order valence-electron chi connectivity index (χ1n) is 6.24. The molecule has 0 saturated heterocycles. The third-order valence-corrected chi connectivity index (χ3v) is 4.96. The van der Waals surface area contributed by atoms with E-state index in [9.17, 15) is 12.8 Å². The molecular formula is C14H16FN3O2S. The standard InChI is InChI=1S/C14H16FN3O2S/c1-10-13(15)7-12(8-14(10)16)21(19,20)18(2)9-11-5-3-4-6-17-11/h3-8H,9,16H2,1-2H3. The molecule has 0 spiro atoms. The number of sulfonamides is 1. The number of nitrogen functional groups attached to an aromatic ring is 1. The maximum Gasteiger partial charge on any atom is 0.243 e. The summed E-state index contributed by atoms with van der Waals surface area (Å²) in [7, 11) is -2.41. The average Bonchev–Trinajstić information content (AvgIpc) is 2.45. The number of nitrogens with two attached hydrogens (primary N) is 1. The molecule has 2 N–H and O–H groups in total. The van der Waals surface area contributed by atoms with Gasteiger partial charge in [0.25, 0.3) is 0 Å². The topological polar surface area (TPSA) is 76.3 Å². The van der Waals surface area contributed by atoms with Gasteiger partial charge in [0.15, 0.2) is 0 Å². The van der Waals surface area contributed by atoms with Crippen molar-refractivity contribution in [2.75, 3.05) is 12.8 Å². The van der Waals surface area contributed by atoms with Crippen LogP contribution in [-0.2, 0) is 16.6 Å². The molecule has 1 aromatic carbocycles. The van der Waals surface area contributed by atoms with Gasteiger partial charge in [-0.1, -0.05) is 6.07 Å². The first-order chi connectivity index (χ1) is 9.82. The zero-order valence-electron chi connectivity index (χ0n) is 11.7. The lowest BCUT2D eigenvalue weighted by Crippen LogP contribution is -2.27. The SMILES string of the molecule is Cc1c(N)cc(S(=O)(=O)N(C)Cc2ccccn2)cc1F. The summed E-state index contributed by atoms with van der Waals surface area (Å²) in [5.41, 5.74) is 6.58. The van der Waals surface area contributed by atoms with Gasteiger partial charge < -0.3 is 5.73 Å². The van der Waals surface area contributed by atoms with Crippen LogP contribution in [0.15, 0.2) is 41.4 Å². The van der Waals surface area contributed by atoms with Gasteiger partial charge in [-0.15, -0.1) is 0 Å². The molecule has 0 fully saturated rings. The van der Waals surface area contributed by atoms with E-state index < -0.39 is 15.8 Å². The smallest absolute Gasteiger partial charge is 0.243 e. The van der Waals surface area contributed by atoms with Crippen LogP contribution in [0.4, 0.5) is 10.1 Å². The number of halogens is 1. The van der Waals surface area contributed by atoms with Gasteiger partial charge in [-0.05, 0) is 31.2 Å². The summed E-state index contributed by atoms with van der Waals surface area (Å²) in [6, 6.07) is 7.48. The Kier molecular flexibility index (Phi) is 4.24. The molecule has 1 aromatic heterocycles. The minimum atomic E-state index is -3.83. The van der Waals surface area contributed by atoms with E-state index in [0.717, 1.165) is 10.4 Å². The summed E-state index contributed by atoms with van der Waals surface area (Å²) < 4.78 is 39.7. The lowest BCUT2D eigenvalue weighted by atomic mass is 10.2. The molecule has 5 nitrogen and oxygen atoms in total. The van der Waals surface area contributed by atoms with E-state index in [4.69, 9.17) is 5.73 Å². The quantitative estimate of drug-likeness (QED) is 0.876. The molecule has 2 aromatic rings. The molecule has 0 saturated carbocycles. The van der Waals surface area contributed by atoms with E-state index >= 15 is 0 Å². The van der Waals surface area contributed by atoms with Gasteiger partial charge in [-0.2, -0.15) is 4.31 Å². The summed E-state index contributed by atoms with van der Waals surface area (Å²) in [6.45, 7) is 1.59. The monoisotopic (exact) mass is 309 g/mol. The molecule has 1 heterocycles. The molecule has 0 aliphatic carbocycles. The molecule has 2 rings (SSSR count). The van der Waals surface area contributed by atoms with Gasteiger partial charge >= 0.3 is 0 Å². The highest BCUT2D eigenvalue weighted by molar-refractivity contribution is 7.89. The molecule has 0 unspecified atom stereocenters. The van der Waals surface area contributed by atoms with Crippen molar-refractivity contribution in [3.63, 3.8) is 0 Å². The fourth-order valence-corrected chi connectivity index (χ4v) is 3.00. The van der Waals surface area contributed by atoms with Crippen LogP contribution in [0, 0.1) is 12.7 Å². The number of aromatic nitrogens is 1. The lowest BCUT2D eigenvalue weighted by Gasteiger charge is -2.17. The predicted molar refractivity (Wildman–Crippen MR) is 78.4 cm³/mol. The third kappa shape index (κ3) is 3.20. The molecule has 0 atom stereocenters. The Morgan fingerprint density at radius 3 is 2.62 bits per heavy atom. The number of anilines is 1. The molecule has 21 heavy (non-hydrogen) atoms. The second-order valence-corrected chi connectivity index (χ2v) is 6.75. The summed E-state index contributed by atoms with van der Waals surface area (Å²) in [5, 5.41) is 0. The Bertz CT molecular complexity index is 725. The number of pyridine rings is 1. The van der Waals surface area contributed by atoms with E-state index in [1.807, 2.05) is 0 Å². The number of benzene rings is 1. The highest BCUT2D eigenvalue weighted by Gasteiger charge is 2.23.